The summed E-state index contributed by atoms with van der Waals surface area (Å²) in [6.07, 6.45) is 17.9. The molecule has 0 aromatic heterocycles. The van der Waals surface area contributed by atoms with Crippen molar-refractivity contribution in [3.63, 3.8) is 0 Å². The van der Waals surface area contributed by atoms with E-state index in [1.165, 1.54) is 70.3 Å². The molecule has 121 valence electrons. The van der Waals surface area contributed by atoms with Crippen molar-refractivity contribution in [1.29, 1.82) is 0 Å². The van der Waals surface area contributed by atoms with Crippen molar-refractivity contribution >= 4 is 39.7 Å². The second-order valence-corrected chi connectivity index (χ2v) is 6.87. The predicted molar refractivity (Wildman–Crippen MR) is 92.1 cm³/mol. The number of unbranched alkanes of at least 4 members (excludes halogenated alkanes) is 12. The Hall–Kier alpha value is 0.650. The fourth-order valence-electron chi connectivity index (χ4n) is 2.29. The van der Waals surface area contributed by atoms with Gasteiger partial charge in [-0.05, 0) is 12.8 Å². The average Bonchev–Trinajstić information content (AvgIpc) is 2.38. The second kappa shape index (κ2) is 17.0. The summed E-state index contributed by atoms with van der Waals surface area (Å²) in [5.41, 5.74) is 0. The van der Waals surface area contributed by atoms with Gasteiger partial charge in [-0.3, -0.25) is 4.55 Å². The van der Waals surface area contributed by atoms with Gasteiger partial charge in [0, 0.05) is 29.6 Å². The Morgan fingerprint density at radius 2 is 1.14 bits per heavy atom. The fourth-order valence-corrected chi connectivity index (χ4v) is 2.67. The Labute approximate surface area is 154 Å². The molecule has 0 saturated heterocycles. The second-order valence-electron chi connectivity index (χ2n) is 5.56. The van der Waals surface area contributed by atoms with E-state index in [1.807, 2.05) is 0 Å². The van der Waals surface area contributed by atoms with Gasteiger partial charge in [-0.25, -0.2) is 0 Å². The molecule has 1 radical (unpaired) electrons. The number of allylic oxidation sites excluding steroid dienone is 1. The molecule has 0 fully saturated rings. The van der Waals surface area contributed by atoms with Gasteiger partial charge in [0.15, 0.2) is 0 Å². The number of hydrogen-bond donors (Lipinski definition) is 1. The van der Waals surface area contributed by atoms with Gasteiger partial charge in [-0.15, -0.1) is 0 Å². The minimum Gasteiger partial charge on any atom is -0.282 e. The van der Waals surface area contributed by atoms with E-state index in [2.05, 4.69) is 6.92 Å². The van der Waals surface area contributed by atoms with Crippen LogP contribution in [0.25, 0.3) is 0 Å². The van der Waals surface area contributed by atoms with Gasteiger partial charge in [0.05, 0.1) is 5.41 Å². The Morgan fingerprint density at radius 1 is 0.762 bits per heavy atom. The zero-order valence-corrected chi connectivity index (χ0v) is 16.8. The molecule has 5 heteroatoms. The normalized spacial score (nSPS) is 11.7. The van der Waals surface area contributed by atoms with Crippen LogP contribution in [0.2, 0.25) is 0 Å². The van der Waals surface area contributed by atoms with Crippen LogP contribution in [0.15, 0.2) is 11.5 Å². The molecule has 0 aromatic rings. The van der Waals surface area contributed by atoms with Crippen molar-refractivity contribution < 1.29 is 13.0 Å². The molecule has 3 nitrogen and oxygen atoms in total. The van der Waals surface area contributed by atoms with Crippen molar-refractivity contribution in [3.05, 3.63) is 11.5 Å². The molecule has 0 aliphatic carbocycles. The van der Waals surface area contributed by atoms with Crippen LogP contribution in [0.5, 0.6) is 0 Å². The zero-order valence-electron chi connectivity index (χ0n) is 14.0. The van der Waals surface area contributed by atoms with Crippen LogP contribution in [0.3, 0.4) is 0 Å². The van der Waals surface area contributed by atoms with E-state index in [0.29, 0.717) is 0 Å². The van der Waals surface area contributed by atoms with Crippen LogP contribution in [0.1, 0.15) is 90.4 Å². The van der Waals surface area contributed by atoms with Gasteiger partial charge in [-0.2, -0.15) is 8.42 Å². The molecule has 21 heavy (non-hydrogen) atoms. The largest absolute Gasteiger partial charge is 0.287 e. The maximum absolute atomic E-state index is 10.4. The maximum atomic E-state index is 10.4. The molecule has 1 N–H and O–H groups in total. The summed E-state index contributed by atoms with van der Waals surface area (Å²) in [6, 6.07) is 0. The minimum absolute atomic E-state index is 0. The summed E-state index contributed by atoms with van der Waals surface area (Å²) < 4.78 is 29.3. The smallest absolute Gasteiger partial charge is 0.282 e. The molecule has 0 aliphatic rings. The third kappa shape index (κ3) is 23.1. The molecule has 0 unspecified atom stereocenters. The van der Waals surface area contributed by atoms with Crippen molar-refractivity contribution in [2.45, 2.75) is 90.4 Å². The third-order valence-corrected chi connectivity index (χ3v) is 4.03. The predicted octanol–water partition coefficient (Wildman–Crippen LogP) is 5.10. The van der Waals surface area contributed by atoms with Gasteiger partial charge < -0.3 is 0 Å². The maximum Gasteiger partial charge on any atom is 0.287 e. The van der Waals surface area contributed by atoms with E-state index in [1.54, 1.807) is 0 Å². The van der Waals surface area contributed by atoms with Crippen LogP contribution >= 0.6 is 0 Å². The van der Waals surface area contributed by atoms with Gasteiger partial charge in [-0.1, -0.05) is 83.6 Å². The first kappa shape index (κ1) is 23.9. The standard InChI is InChI=1S/C16H32O3S.Na/c1-2-3-4-5-6-7-8-9-10-11-12-13-14-15-16-20(17,18)19;/h15-16H,2-14H2,1H3,(H,17,18,19);. The first-order chi connectivity index (χ1) is 9.56. The molecular formula is C16H32NaO3S. The van der Waals surface area contributed by atoms with Gasteiger partial charge in [0.25, 0.3) is 10.1 Å². The van der Waals surface area contributed by atoms with Gasteiger partial charge >= 0.3 is 0 Å². The fraction of sp³-hybridized carbons (Fsp3) is 0.875. The molecule has 0 rings (SSSR count). The topological polar surface area (TPSA) is 54.4 Å². The first-order valence-electron chi connectivity index (χ1n) is 8.20. The van der Waals surface area contributed by atoms with E-state index >= 15 is 0 Å². The zero-order chi connectivity index (χ0) is 15.1. The average molecular weight is 327 g/mol. The van der Waals surface area contributed by atoms with Gasteiger partial charge in [0.2, 0.25) is 0 Å². The van der Waals surface area contributed by atoms with Crippen LogP contribution < -0.4 is 0 Å². The van der Waals surface area contributed by atoms with Crippen LogP contribution in [-0.4, -0.2) is 42.5 Å². The molecule has 0 heterocycles. The van der Waals surface area contributed by atoms with Gasteiger partial charge in [0.1, 0.15) is 0 Å². The molecule has 0 bridgehead atoms. The molecule has 0 aliphatic heterocycles. The van der Waals surface area contributed by atoms with E-state index in [0.717, 1.165) is 24.7 Å². The van der Waals surface area contributed by atoms with Crippen LogP contribution in [0, 0.1) is 0 Å². The quantitative estimate of drug-likeness (QED) is 0.274. The molecular weight excluding hydrogens is 295 g/mol. The Kier molecular flexibility index (Phi) is 19.4. The summed E-state index contributed by atoms with van der Waals surface area (Å²) in [4.78, 5) is 0. The van der Waals surface area contributed by atoms with Crippen LogP contribution in [-0.2, 0) is 10.1 Å². The summed E-state index contributed by atoms with van der Waals surface area (Å²) in [5.74, 6) is 0. The molecule has 0 amide bonds. The monoisotopic (exact) mass is 327 g/mol. The van der Waals surface area contributed by atoms with Crippen LogP contribution in [0.4, 0.5) is 0 Å². The van der Waals surface area contributed by atoms with Crippen molar-refractivity contribution in [3.8, 4) is 0 Å². The van der Waals surface area contributed by atoms with E-state index in [-0.39, 0.29) is 29.6 Å². The summed E-state index contributed by atoms with van der Waals surface area (Å²) in [5, 5.41) is 0.880. The summed E-state index contributed by atoms with van der Waals surface area (Å²) in [6.45, 7) is 2.25. The molecule has 0 spiro atoms. The van der Waals surface area contributed by atoms with E-state index in [9.17, 15) is 8.42 Å². The van der Waals surface area contributed by atoms with Crippen molar-refractivity contribution in [2.75, 3.05) is 0 Å². The van der Waals surface area contributed by atoms with Crippen molar-refractivity contribution in [2.24, 2.45) is 0 Å². The first-order valence-corrected chi connectivity index (χ1v) is 9.70. The van der Waals surface area contributed by atoms with E-state index in [4.69, 9.17) is 4.55 Å². The Bertz CT molecular complexity index is 326. The molecule has 0 aromatic carbocycles. The molecule has 0 saturated carbocycles. The number of hydrogen-bond acceptors (Lipinski definition) is 2. The number of rotatable bonds is 14. The minimum atomic E-state index is -3.92. The summed E-state index contributed by atoms with van der Waals surface area (Å²) >= 11 is 0. The third-order valence-electron chi connectivity index (χ3n) is 3.49. The Morgan fingerprint density at radius 3 is 1.52 bits per heavy atom. The van der Waals surface area contributed by atoms with E-state index < -0.39 is 10.1 Å². The Balaban J connectivity index is 0. The molecule has 0 atom stereocenters. The SMILES string of the molecule is CCCCCCCCCCCCCCC=CS(=O)(=O)O.[Na]. The summed E-state index contributed by atoms with van der Waals surface area (Å²) in [7, 11) is -3.92. The van der Waals surface area contributed by atoms with Crippen molar-refractivity contribution in [1.82, 2.24) is 0 Å².